The van der Waals surface area contributed by atoms with E-state index in [1.807, 2.05) is 0 Å². The van der Waals surface area contributed by atoms with E-state index in [0.29, 0.717) is 17.8 Å². The maximum atomic E-state index is 13.4. The van der Waals surface area contributed by atoms with E-state index in [-0.39, 0.29) is 37.1 Å². The number of carboxylic acids is 1. The van der Waals surface area contributed by atoms with Crippen LogP contribution < -0.4 is 16.0 Å². The molecule has 1 saturated carbocycles. The number of carbonyl (C=O) groups is 2. The standard InChI is InChI=1S/C30H39F2N5O3/c31-30(32)16-22(17-30)24-9-1-2-10-25(24)36-26(29(39)40)18-34-28(38)21-7-4-14-37(19-21)15-5-8-23-12-11-20-6-3-13-33-27(20)35-23/h1-2,9-12,21-22,26,36H,3-8,13-19H2,(H,33,35)(H,34,38)(H,39,40)/t21-,26-/m1/s1. The molecule has 3 heterocycles. The minimum absolute atomic E-state index is 0.0855. The Balaban J connectivity index is 1.09. The van der Waals surface area contributed by atoms with E-state index in [9.17, 15) is 23.5 Å². The highest BCUT2D eigenvalue weighted by atomic mass is 19.3. The van der Waals surface area contributed by atoms with E-state index in [4.69, 9.17) is 4.98 Å². The predicted molar refractivity (Wildman–Crippen MR) is 150 cm³/mol. The van der Waals surface area contributed by atoms with Gasteiger partial charge in [-0.3, -0.25) is 4.79 Å². The van der Waals surface area contributed by atoms with Crippen LogP contribution in [0.3, 0.4) is 0 Å². The SMILES string of the molecule is O=C(NC[C@@H](Nc1ccccc1C1CC(F)(F)C1)C(=O)O)[C@@H]1CCCN(CCCc2ccc3c(n2)NCCC3)C1. The molecule has 1 saturated heterocycles. The van der Waals surface area contributed by atoms with Gasteiger partial charge in [0.15, 0.2) is 0 Å². The molecule has 3 aliphatic rings. The summed E-state index contributed by atoms with van der Waals surface area (Å²) in [6, 6.07) is 10.2. The molecule has 5 rings (SSSR count). The first-order valence-corrected chi connectivity index (χ1v) is 14.5. The number of hydrogen-bond acceptors (Lipinski definition) is 6. The van der Waals surface area contributed by atoms with Gasteiger partial charge in [-0.25, -0.2) is 18.6 Å². The third kappa shape index (κ3) is 7.08. The topological polar surface area (TPSA) is 107 Å². The third-order valence-electron chi connectivity index (χ3n) is 8.33. The zero-order valence-electron chi connectivity index (χ0n) is 22.8. The first-order chi connectivity index (χ1) is 19.3. The van der Waals surface area contributed by atoms with E-state index in [1.165, 1.54) is 5.56 Å². The molecular weight excluding hydrogens is 516 g/mol. The lowest BCUT2D eigenvalue weighted by Gasteiger charge is -2.36. The highest BCUT2D eigenvalue weighted by Gasteiger charge is 2.46. The average molecular weight is 556 g/mol. The number of alkyl halides is 2. The van der Waals surface area contributed by atoms with Crippen LogP contribution in [-0.2, 0) is 22.4 Å². The van der Waals surface area contributed by atoms with E-state index in [1.54, 1.807) is 24.3 Å². The van der Waals surface area contributed by atoms with Gasteiger partial charge in [-0.1, -0.05) is 24.3 Å². The van der Waals surface area contributed by atoms with Crippen molar-refractivity contribution in [3.8, 4) is 0 Å². The lowest BCUT2D eigenvalue weighted by Crippen LogP contribution is -2.47. The summed E-state index contributed by atoms with van der Waals surface area (Å²) < 4.78 is 26.9. The molecule has 0 radical (unpaired) electrons. The van der Waals surface area contributed by atoms with Crippen LogP contribution in [0.15, 0.2) is 36.4 Å². The van der Waals surface area contributed by atoms with Crippen molar-refractivity contribution in [3.05, 3.63) is 53.2 Å². The van der Waals surface area contributed by atoms with Crippen LogP contribution in [0.4, 0.5) is 20.3 Å². The molecule has 216 valence electrons. The van der Waals surface area contributed by atoms with Gasteiger partial charge in [0.1, 0.15) is 11.9 Å². The Kier molecular flexibility index (Phi) is 8.83. The Morgan fingerprint density at radius 3 is 2.80 bits per heavy atom. The maximum Gasteiger partial charge on any atom is 0.327 e. The quantitative estimate of drug-likeness (QED) is 0.328. The summed E-state index contributed by atoms with van der Waals surface area (Å²) in [5.74, 6) is -3.41. The highest BCUT2D eigenvalue weighted by Crippen LogP contribution is 2.50. The summed E-state index contributed by atoms with van der Waals surface area (Å²) in [5.41, 5.74) is 3.58. The summed E-state index contributed by atoms with van der Waals surface area (Å²) in [5, 5.41) is 19.0. The number of benzene rings is 1. The van der Waals surface area contributed by atoms with Crippen molar-refractivity contribution in [2.45, 2.75) is 69.2 Å². The Bertz CT molecular complexity index is 1200. The number of pyridine rings is 1. The molecule has 2 aliphatic heterocycles. The van der Waals surface area contributed by atoms with Gasteiger partial charge in [0.05, 0.1) is 5.92 Å². The van der Waals surface area contributed by atoms with Crippen molar-refractivity contribution >= 4 is 23.4 Å². The first-order valence-electron chi connectivity index (χ1n) is 14.5. The van der Waals surface area contributed by atoms with E-state index in [0.717, 1.165) is 69.7 Å². The molecular formula is C30H39F2N5O3. The number of likely N-dealkylation sites (tertiary alicyclic amines) is 1. The van der Waals surface area contributed by atoms with Crippen LogP contribution in [-0.4, -0.2) is 71.6 Å². The number of amides is 1. The Labute approximate surface area is 233 Å². The second-order valence-electron chi connectivity index (χ2n) is 11.4. The molecule has 1 aromatic carbocycles. The summed E-state index contributed by atoms with van der Waals surface area (Å²) in [4.78, 5) is 32.1. The predicted octanol–water partition coefficient (Wildman–Crippen LogP) is 4.28. The fourth-order valence-electron chi connectivity index (χ4n) is 6.06. The summed E-state index contributed by atoms with van der Waals surface area (Å²) in [6.07, 6.45) is 5.27. The Hall–Kier alpha value is -3.27. The van der Waals surface area contributed by atoms with Crippen molar-refractivity contribution in [1.82, 2.24) is 15.2 Å². The number of aromatic nitrogens is 1. The van der Waals surface area contributed by atoms with Crippen molar-refractivity contribution < 1.29 is 23.5 Å². The van der Waals surface area contributed by atoms with Crippen molar-refractivity contribution in [3.63, 3.8) is 0 Å². The number of para-hydroxylation sites is 1. The molecule has 10 heteroatoms. The molecule has 4 N–H and O–H groups in total. The van der Waals surface area contributed by atoms with Gasteiger partial charge in [0, 0.05) is 43.9 Å². The number of carbonyl (C=O) groups excluding carboxylic acids is 1. The normalized spacial score (nSPS) is 21.4. The van der Waals surface area contributed by atoms with Crippen LogP contribution >= 0.6 is 0 Å². The number of halogens is 2. The van der Waals surface area contributed by atoms with Gasteiger partial charge in [-0.05, 0) is 80.8 Å². The van der Waals surface area contributed by atoms with Crippen LogP contribution in [0.5, 0.6) is 0 Å². The third-order valence-corrected chi connectivity index (χ3v) is 8.33. The van der Waals surface area contributed by atoms with E-state index in [2.05, 4.69) is 33.0 Å². The van der Waals surface area contributed by atoms with E-state index < -0.39 is 17.9 Å². The fourth-order valence-corrected chi connectivity index (χ4v) is 6.06. The number of aryl methyl sites for hydroxylation is 2. The molecule has 1 aromatic heterocycles. The van der Waals surface area contributed by atoms with Gasteiger partial charge in [-0.2, -0.15) is 0 Å². The Morgan fingerprint density at radius 1 is 1.18 bits per heavy atom. The number of carboxylic acid groups (broad SMARTS) is 1. The number of aliphatic carboxylic acids is 1. The molecule has 1 aliphatic carbocycles. The Morgan fingerprint density at radius 2 is 2.00 bits per heavy atom. The van der Waals surface area contributed by atoms with Gasteiger partial charge in [-0.15, -0.1) is 0 Å². The van der Waals surface area contributed by atoms with Crippen LogP contribution in [0, 0.1) is 5.92 Å². The number of hydrogen-bond donors (Lipinski definition) is 4. The average Bonchev–Trinajstić information content (AvgIpc) is 2.94. The lowest BCUT2D eigenvalue weighted by molar-refractivity contribution is -0.138. The number of piperidine rings is 1. The first kappa shape index (κ1) is 28.3. The van der Waals surface area contributed by atoms with Crippen LogP contribution in [0.2, 0.25) is 0 Å². The molecule has 2 fully saturated rings. The van der Waals surface area contributed by atoms with Gasteiger partial charge in [0.2, 0.25) is 11.8 Å². The second-order valence-corrected chi connectivity index (χ2v) is 11.4. The molecule has 0 unspecified atom stereocenters. The van der Waals surface area contributed by atoms with Crippen LogP contribution in [0.1, 0.15) is 61.3 Å². The van der Waals surface area contributed by atoms with E-state index >= 15 is 0 Å². The number of nitrogens with zero attached hydrogens (tertiary/aromatic N) is 2. The van der Waals surface area contributed by atoms with Gasteiger partial charge < -0.3 is 26.0 Å². The van der Waals surface area contributed by atoms with Crippen molar-refractivity contribution in [2.24, 2.45) is 5.92 Å². The zero-order chi connectivity index (χ0) is 28.1. The smallest absolute Gasteiger partial charge is 0.327 e. The zero-order valence-corrected chi connectivity index (χ0v) is 22.8. The second kappa shape index (κ2) is 12.5. The molecule has 0 bridgehead atoms. The molecule has 1 amide bonds. The summed E-state index contributed by atoms with van der Waals surface area (Å²) in [7, 11) is 0. The highest BCUT2D eigenvalue weighted by molar-refractivity contribution is 5.82. The van der Waals surface area contributed by atoms with Crippen molar-refractivity contribution in [2.75, 3.05) is 43.4 Å². The largest absolute Gasteiger partial charge is 0.480 e. The minimum Gasteiger partial charge on any atom is -0.480 e. The lowest BCUT2D eigenvalue weighted by atomic mass is 9.76. The molecule has 0 spiro atoms. The molecule has 2 aromatic rings. The maximum absolute atomic E-state index is 13.4. The minimum atomic E-state index is -2.67. The number of fused-ring (bicyclic) bond motifs is 1. The molecule has 2 atom stereocenters. The molecule has 40 heavy (non-hydrogen) atoms. The van der Waals surface area contributed by atoms with Gasteiger partial charge in [0.25, 0.3) is 0 Å². The summed E-state index contributed by atoms with van der Waals surface area (Å²) in [6.45, 7) is 3.36. The van der Waals surface area contributed by atoms with Crippen molar-refractivity contribution in [1.29, 1.82) is 0 Å². The number of anilines is 2. The van der Waals surface area contributed by atoms with Crippen LogP contribution in [0.25, 0.3) is 0 Å². The monoisotopic (exact) mass is 555 g/mol. The number of rotatable bonds is 11. The fraction of sp³-hybridized carbons (Fsp3) is 0.567. The molecule has 8 nitrogen and oxygen atoms in total. The van der Waals surface area contributed by atoms with Gasteiger partial charge >= 0.3 is 5.97 Å². The number of nitrogens with one attached hydrogen (secondary N) is 3. The summed E-state index contributed by atoms with van der Waals surface area (Å²) >= 11 is 0.